The second kappa shape index (κ2) is 4.82. The molecule has 2 atom stereocenters. The van der Waals surface area contributed by atoms with Gasteiger partial charge >= 0.3 is 0 Å². The maximum absolute atomic E-state index is 12.0. The van der Waals surface area contributed by atoms with E-state index in [0.29, 0.717) is 18.9 Å². The van der Waals surface area contributed by atoms with Gasteiger partial charge in [0.1, 0.15) is 6.04 Å². The first-order valence-electron chi connectivity index (χ1n) is 5.94. The standard InChI is InChI=1S/C11H19N3O2/c1-14(7-8-3-2-6-12-8)11(16)9-4-5-10(15)13-9/h8-9,12H,2-7H2,1H3,(H,13,15)/t8?,9-/m0/s1. The average Bonchev–Trinajstić information content (AvgIpc) is 2.88. The Kier molecular flexibility index (Phi) is 3.43. The minimum absolute atomic E-state index is 0.00857. The molecule has 5 nitrogen and oxygen atoms in total. The van der Waals surface area contributed by atoms with Crippen LogP contribution in [-0.4, -0.2) is 48.9 Å². The highest BCUT2D eigenvalue weighted by atomic mass is 16.2. The zero-order chi connectivity index (χ0) is 11.5. The highest BCUT2D eigenvalue weighted by Crippen LogP contribution is 2.11. The van der Waals surface area contributed by atoms with Crippen LogP contribution in [0.25, 0.3) is 0 Å². The van der Waals surface area contributed by atoms with Gasteiger partial charge in [-0.2, -0.15) is 0 Å². The molecule has 1 unspecified atom stereocenters. The molecule has 0 bridgehead atoms. The fourth-order valence-corrected chi connectivity index (χ4v) is 2.40. The van der Waals surface area contributed by atoms with E-state index in [1.807, 2.05) is 7.05 Å². The number of hydrogen-bond donors (Lipinski definition) is 2. The number of nitrogens with zero attached hydrogens (tertiary/aromatic N) is 1. The molecular formula is C11H19N3O2. The SMILES string of the molecule is CN(CC1CCCN1)C(=O)[C@@H]1CCC(=O)N1. The van der Waals surface area contributed by atoms with Crippen LogP contribution in [0.4, 0.5) is 0 Å². The summed E-state index contributed by atoms with van der Waals surface area (Å²) in [6.45, 7) is 1.79. The lowest BCUT2D eigenvalue weighted by molar-refractivity contribution is -0.133. The Labute approximate surface area is 95.6 Å². The van der Waals surface area contributed by atoms with E-state index >= 15 is 0 Å². The van der Waals surface area contributed by atoms with Crippen molar-refractivity contribution in [2.75, 3.05) is 20.1 Å². The number of carbonyl (C=O) groups excluding carboxylic acids is 2. The van der Waals surface area contributed by atoms with Crippen LogP contribution >= 0.6 is 0 Å². The van der Waals surface area contributed by atoms with E-state index in [2.05, 4.69) is 10.6 Å². The minimum Gasteiger partial charge on any atom is -0.344 e. The maximum Gasteiger partial charge on any atom is 0.244 e. The van der Waals surface area contributed by atoms with Crippen molar-refractivity contribution in [3.63, 3.8) is 0 Å². The van der Waals surface area contributed by atoms with E-state index in [1.54, 1.807) is 4.90 Å². The Morgan fingerprint density at radius 1 is 1.50 bits per heavy atom. The van der Waals surface area contributed by atoms with E-state index in [-0.39, 0.29) is 17.9 Å². The second-order valence-electron chi connectivity index (χ2n) is 4.67. The monoisotopic (exact) mass is 225 g/mol. The summed E-state index contributed by atoms with van der Waals surface area (Å²) in [5.74, 6) is 0.0327. The molecule has 2 aliphatic rings. The van der Waals surface area contributed by atoms with Gasteiger partial charge in [0.2, 0.25) is 11.8 Å². The Morgan fingerprint density at radius 2 is 2.31 bits per heavy atom. The summed E-state index contributed by atoms with van der Waals surface area (Å²) in [5, 5.41) is 6.07. The highest BCUT2D eigenvalue weighted by molar-refractivity contribution is 5.90. The number of hydrogen-bond acceptors (Lipinski definition) is 3. The third-order valence-electron chi connectivity index (χ3n) is 3.33. The number of carbonyl (C=O) groups is 2. The molecule has 5 heteroatoms. The first-order chi connectivity index (χ1) is 7.66. The van der Waals surface area contributed by atoms with Crippen molar-refractivity contribution in [3.8, 4) is 0 Å². The van der Waals surface area contributed by atoms with Crippen molar-refractivity contribution in [2.24, 2.45) is 0 Å². The Hall–Kier alpha value is -1.10. The molecular weight excluding hydrogens is 206 g/mol. The molecule has 0 aromatic rings. The number of likely N-dealkylation sites (N-methyl/N-ethyl adjacent to an activating group) is 1. The first-order valence-corrected chi connectivity index (χ1v) is 5.94. The normalized spacial score (nSPS) is 29.2. The number of nitrogens with one attached hydrogen (secondary N) is 2. The van der Waals surface area contributed by atoms with Crippen LogP contribution in [0.3, 0.4) is 0 Å². The third kappa shape index (κ3) is 2.52. The van der Waals surface area contributed by atoms with Crippen LogP contribution in [0.2, 0.25) is 0 Å². The third-order valence-corrected chi connectivity index (χ3v) is 3.33. The van der Waals surface area contributed by atoms with Crippen molar-refractivity contribution < 1.29 is 9.59 Å². The van der Waals surface area contributed by atoms with E-state index in [0.717, 1.165) is 19.5 Å². The summed E-state index contributed by atoms with van der Waals surface area (Å²) >= 11 is 0. The van der Waals surface area contributed by atoms with Gasteiger partial charge in [-0.3, -0.25) is 9.59 Å². The van der Waals surface area contributed by atoms with E-state index in [9.17, 15) is 9.59 Å². The van der Waals surface area contributed by atoms with Gasteiger partial charge in [-0.05, 0) is 25.8 Å². The van der Waals surface area contributed by atoms with Crippen molar-refractivity contribution >= 4 is 11.8 Å². The molecule has 0 radical (unpaired) electrons. The van der Waals surface area contributed by atoms with Gasteiger partial charge in [0.25, 0.3) is 0 Å². The summed E-state index contributed by atoms with van der Waals surface area (Å²) in [4.78, 5) is 24.7. The van der Waals surface area contributed by atoms with Crippen LogP contribution in [-0.2, 0) is 9.59 Å². The van der Waals surface area contributed by atoms with Gasteiger partial charge in [0.05, 0.1) is 0 Å². The average molecular weight is 225 g/mol. The summed E-state index contributed by atoms with van der Waals surface area (Å²) in [5.41, 5.74) is 0. The molecule has 2 saturated heterocycles. The molecule has 2 heterocycles. The molecule has 2 fully saturated rings. The molecule has 2 aliphatic heterocycles. The van der Waals surface area contributed by atoms with Crippen LogP contribution in [0.15, 0.2) is 0 Å². The molecule has 0 aromatic carbocycles. The predicted octanol–water partition coefficient (Wildman–Crippen LogP) is -0.525. The molecule has 0 saturated carbocycles. The number of amides is 2. The lowest BCUT2D eigenvalue weighted by atomic mass is 10.1. The van der Waals surface area contributed by atoms with Gasteiger partial charge in [0.15, 0.2) is 0 Å². The zero-order valence-electron chi connectivity index (χ0n) is 9.66. The molecule has 2 amide bonds. The van der Waals surface area contributed by atoms with Crippen LogP contribution in [0, 0.1) is 0 Å². The fourth-order valence-electron chi connectivity index (χ4n) is 2.40. The van der Waals surface area contributed by atoms with Gasteiger partial charge in [-0.25, -0.2) is 0 Å². The molecule has 0 aliphatic carbocycles. The second-order valence-corrected chi connectivity index (χ2v) is 4.67. The summed E-state index contributed by atoms with van der Waals surface area (Å²) in [7, 11) is 1.81. The Balaban J connectivity index is 1.81. The summed E-state index contributed by atoms with van der Waals surface area (Å²) in [6.07, 6.45) is 3.44. The topological polar surface area (TPSA) is 61.4 Å². The van der Waals surface area contributed by atoms with Crippen LogP contribution in [0.1, 0.15) is 25.7 Å². The fraction of sp³-hybridized carbons (Fsp3) is 0.818. The van der Waals surface area contributed by atoms with E-state index in [1.165, 1.54) is 6.42 Å². The smallest absolute Gasteiger partial charge is 0.244 e. The van der Waals surface area contributed by atoms with Crippen molar-refractivity contribution in [1.82, 2.24) is 15.5 Å². The lowest BCUT2D eigenvalue weighted by Gasteiger charge is -2.24. The Morgan fingerprint density at radius 3 is 2.88 bits per heavy atom. The number of rotatable bonds is 3. The van der Waals surface area contributed by atoms with Gasteiger partial charge < -0.3 is 15.5 Å². The lowest BCUT2D eigenvalue weighted by Crippen LogP contribution is -2.46. The van der Waals surface area contributed by atoms with Gasteiger partial charge in [-0.1, -0.05) is 0 Å². The molecule has 0 aromatic heterocycles. The minimum atomic E-state index is -0.293. The summed E-state index contributed by atoms with van der Waals surface area (Å²) < 4.78 is 0. The van der Waals surface area contributed by atoms with Gasteiger partial charge in [0, 0.05) is 26.1 Å². The van der Waals surface area contributed by atoms with Crippen LogP contribution in [0.5, 0.6) is 0 Å². The predicted molar refractivity (Wildman–Crippen MR) is 59.8 cm³/mol. The van der Waals surface area contributed by atoms with Crippen LogP contribution < -0.4 is 10.6 Å². The van der Waals surface area contributed by atoms with Crippen molar-refractivity contribution in [2.45, 2.75) is 37.8 Å². The largest absolute Gasteiger partial charge is 0.344 e. The molecule has 2 N–H and O–H groups in total. The van der Waals surface area contributed by atoms with E-state index in [4.69, 9.17) is 0 Å². The van der Waals surface area contributed by atoms with Gasteiger partial charge in [-0.15, -0.1) is 0 Å². The molecule has 0 spiro atoms. The summed E-state index contributed by atoms with van der Waals surface area (Å²) in [6, 6.07) is 0.130. The zero-order valence-corrected chi connectivity index (χ0v) is 9.66. The highest BCUT2D eigenvalue weighted by Gasteiger charge is 2.30. The van der Waals surface area contributed by atoms with Crippen molar-refractivity contribution in [1.29, 1.82) is 0 Å². The maximum atomic E-state index is 12.0. The molecule has 2 rings (SSSR count). The molecule has 16 heavy (non-hydrogen) atoms. The van der Waals surface area contributed by atoms with E-state index < -0.39 is 0 Å². The quantitative estimate of drug-likeness (QED) is 0.679. The Bertz CT molecular complexity index is 287. The van der Waals surface area contributed by atoms with Crippen molar-refractivity contribution in [3.05, 3.63) is 0 Å². The molecule has 90 valence electrons. The first kappa shape index (κ1) is 11.4.